The van der Waals surface area contributed by atoms with Crippen LogP contribution in [-0.2, 0) is 0 Å². The van der Waals surface area contributed by atoms with Gasteiger partial charge in [-0.2, -0.15) is 0 Å². The van der Waals surface area contributed by atoms with Crippen molar-refractivity contribution in [2.24, 2.45) is 5.92 Å². The van der Waals surface area contributed by atoms with E-state index in [0.29, 0.717) is 17.4 Å². The summed E-state index contributed by atoms with van der Waals surface area (Å²) in [7, 11) is 1.52. The second-order valence-electron chi connectivity index (χ2n) is 4.91. The van der Waals surface area contributed by atoms with Crippen molar-refractivity contribution in [3.63, 3.8) is 0 Å². The van der Waals surface area contributed by atoms with Crippen molar-refractivity contribution in [2.45, 2.75) is 39.7 Å². The van der Waals surface area contributed by atoms with Gasteiger partial charge in [0.1, 0.15) is 5.56 Å². The first-order chi connectivity index (χ1) is 8.54. The molecule has 0 bridgehead atoms. The minimum atomic E-state index is -0.129. The SMILES string of the molecule is COc1ncccc1C(=O)NC(C)CCC(C)C. The zero-order chi connectivity index (χ0) is 13.5. The molecule has 0 aliphatic rings. The molecule has 4 heteroatoms. The van der Waals surface area contributed by atoms with E-state index < -0.39 is 0 Å². The van der Waals surface area contributed by atoms with Crippen LogP contribution < -0.4 is 10.1 Å². The third kappa shape index (κ3) is 4.35. The van der Waals surface area contributed by atoms with Crippen molar-refractivity contribution in [3.8, 4) is 5.88 Å². The first-order valence-corrected chi connectivity index (χ1v) is 6.34. The van der Waals surface area contributed by atoms with Gasteiger partial charge in [-0.05, 0) is 37.8 Å². The first-order valence-electron chi connectivity index (χ1n) is 6.34. The summed E-state index contributed by atoms with van der Waals surface area (Å²) >= 11 is 0. The van der Waals surface area contributed by atoms with Crippen molar-refractivity contribution in [1.82, 2.24) is 10.3 Å². The molecule has 1 heterocycles. The lowest BCUT2D eigenvalue weighted by Crippen LogP contribution is -2.33. The lowest BCUT2D eigenvalue weighted by molar-refractivity contribution is 0.0933. The molecule has 1 aromatic rings. The molecular weight excluding hydrogens is 228 g/mol. The Morgan fingerprint density at radius 3 is 2.72 bits per heavy atom. The molecule has 1 rings (SSSR count). The molecule has 1 atom stereocenters. The van der Waals surface area contributed by atoms with Crippen molar-refractivity contribution < 1.29 is 9.53 Å². The van der Waals surface area contributed by atoms with E-state index in [0.717, 1.165) is 12.8 Å². The average Bonchev–Trinajstić information content (AvgIpc) is 2.36. The largest absolute Gasteiger partial charge is 0.480 e. The molecule has 0 aromatic carbocycles. The topological polar surface area (TPSA) is 51.2 Å². The number of nitrogens with zero attached hydrogens (tertiary/aromatic N) is 1. The Morgan fingerprint density at radius 1 is 1.39 bits per heavy atom. The smallest absolute Gasteiger partial charge is 0.256 e. The Balaban J connectivity index is 2.59. The molecule has 1 unspecified atom stereocenters. The molecule has 18 heavy (non-hydrogen) atoms. The Bertz CT molecular complexity index is 391. The van der Waals surface area contributed by atoms with Gasteiger partial charge in [-0.3, -0.25) is 4.79 Å². The van der Waals surface area contributed by atoms with Crippen molar-refractivity contribution >= 4 is 5.91 Å². The summed E-state index contributed by atoms with van der Waals surface area (Å²) in [6.45, 7) is 6.38. The van der Waals surface area contributed by atoms with Gasteiger partial charge < -0.3 is 10.1 Å². The third-order valence-electron chi connectivity index (χ3n) is 2.76. The van der Waals surface area contributed by atoms with Crippen LogP contribution in [0.15, 0.2) is 18.3 Å². The van der Waals surface area contributed by atoms with E-state index in [4.69, 9.17) is 4.74 Å². The van der Waals surface area contributed by atoms with Crippen LogP contribution in [0.3, 0.4) is 0 Å². The number of nitrogens with one attached hydrogen (secondary N) is 1. The van der Waals surface area contributed by atoms with Crippen LogP contribution in [0.25, 0.3) is 0 Å². The summed E-state index contributed by atoms with van der Waals surface area (Å²) in [5.74, 6) is 0.888. The van der Waals surface area contributed by atoms with Crippen molar-refractivity contribution in [3.05, 3.63) is 23.9 Å². The van der Waals surface area contributed by atoms with Crippen LogP contribution in [0, 0.1) is 5.92 Å². The van der Waals surface area contributed by atoms with Gasteiger partial charge >= 0.3 is 0 Å². The maximum absolute atomic E-state index is 12.0. The summed E-state index contributed by atoms with van der Waals surface area (Å²) in [6.07, 6.45) is 3.69. The minimum absolute atomic E-state index is 0.129. The predicted octanol–water partition coefficient (Wildman–Crippen LogP) is 2.64. The highest BCUT2D eigenvalue weighted by Gasteiger charge is 2.15. The molecule has 4 nitrogen and oxygen atoms in total. The minimum Gasteiger partial charge on any atom is -0.480 e. The zero-order valence-corrected chi connectivity index (χ0v) is 11.6. The Morgan fingerprint density at radius 2 is 2.11 bits per heavy atom. The van der Waals surface area contributed by atoms with Crippen molar-refractivity contribution in [1.29, 1.82) is 0 Å². The highest BCUT2D eigenvalue weighted by atomic mass is 16.5. The molecule has 0 aliphatic heterocycles. The van der Waals surface area contributed by atoms with Crippen molar-refractivity contribution in [2.75, 3.05) is 7.11 Å². The number of hydrogen-bond acceptors (Lipinski definition) is 3. The standard InChI is InChI=1S/C14H22N2O2/c1-10(2)7-8-11(3)16-13(17)12-6-5-9-15-14(12)18-4/h5-6,9-11H,7-8H2,1-4H3,(H,16,17). The zero-order valence-electron chi connectivity index (χ0n) is 11.6. The molecule has 0 radical (unpaired) electrons. The number of aromatic nitrogens is 1. The van der Waals surface area contributed by atoms with Gasteiger partial charge in [0.15, 0.2) is 0 Å². The molecule has 0 aliphatic carbocycles. The second-order valence-corrected chi connectivity index (χ2v) is 4.91. The number of carbonyl (C=O) groups is 1. The van der Waals surface area contributed by atoms with Gasteiger partial charge in [0, 0.05) is 12.2 Å². The number of amides is 1. The summed E-state index contributed by atoms with van der Waals surface area (Å²) in [5, 5.41) is 2.97. The Labute approximate surface area is 109 Å². The fraction of sp³-hybridized carbons (Fsp3) is 0.571. The predicted molar refractivity (Wildman–Crippen MR) is 71.8 cm³/mol. The first kappa shape index (κ1) is 14.5. The van der Waals surface area contributed by atoms with E-state index >= 15 is 0 Å². The van der Waals surface area contributed by atoms with Crippen LogP contribution in [-0.4, -0.2) is 24.0 Å². The van der Waals surface area contributed by atoms with E-state index in [9.17, 15) is 4.79 Å². The normalized spacial score (nSPS) is 12.3. The van der Waals surface area contributed by atoms with Gasteiger partial charge in [-0.25, -0.2) is 4.98 Å². The number of rotatable bonds is 6. The van der Waals surface area contributed by atoms with Gasteiger partial charge in [0.2, 0.25) is 5.88 Å². The van der Waals surface area contributed by atoms with E-state index in [1.54, 1.807) is 18.3 Å². The van der Waals surface area contributed by atoms with Crippen LogP contribution in [0.1, 0.15) is 44.0 Å². The fourth-order valence-electron chi connectivity index (χ4n) is 1.68. The van der Waals surface area contributed by atoms with E-state index in [1.165, 1.54) is 7.11 Å². The maximum atomic E-state index is 12.0. The quantitative estimate of drug-likeness (QED) is 0.844. The molecular formula is C14H22N2O2. The Kier molecular flexibility index (Phi) is 5.62. The number of methoxy groups -OCH3 is 1. The van der Waals surface area contributed by atoms with Crippen LogP contribution in [0.2, 0.25) is 0 Å². The van der Waals surface area contributed by atoms with E-state index in [1.807, 2.05) is 6.92 Å². The maximum Gasteiger partial charge on any atom is 0.256 e. The number of carbonyl (C=O) groups excluding carboxylic acids is 1. The molecule has 0 saturated heterocycles. The second kappa shape index (κ2) is 6.99. The lowest BCUT2D eigenvalue weighted by Gasteiger charge is -2.15. The van der Waals surface area contributed by atoms with Gasteiger partial charge in [0.25, 0.3) is 5.91 Å². The molecule has 1 N–H and O–H groups in total. The van der Waals surface area contributed by atoms with Crippen LogP contribution >= 0.6 is 0 Å². The fourth-order valence-corrected chi connectivity index (χ4v) is 1.68. The van der Waals surface area contributed by atoms with E-state index in [2.05, 4.69) is 24.1 Å². The average molecular weight is 250 g/mol. The van der Waals surface area contributed by atoms with Gasteiger partial charge in [0.05, 0.1) is 7.11 Å². The lowest BCUT2D eigenvalue weighted by atomic mass is 10.0. The molecule has 1 aromatic heterocycles. The highest BCUT2D eigenvalue weighted by Crippen LogP contribution is 2.14. The summed E-state index contributed by atoms with van der Waals surface area (Å²) in [6, 6.07) is 3.61. The molecule has 1 amide bonds. The monoisotopic (exact) mass is 250 g/mol. The highest BCUT2D eigenvalue weighted by molar-refractivity contribution is 5.96. The Hall–Kier alpha value is -1.58. The number of hydrogen-bond donors (Lipinski definition) is 1. The third-order valence-corrected chi connectivity index (χ3v) is 2.76. The number of pyridine rings is 1. The molecule has 0 fully saturated rings. The molecule has 0 saturated carbocycles. The summed E-state index contributed by atoms with van der Waals surface area (Å²) in [4.78, 5) is 16.1. The van der Waals surface area contributed by atoms with Gasteiger partial charge in [-0.15, -0.1) is 0 Å². The van der Waals surface area contributed by atoms with Crippen LogP contribution in [0.5, 0.6) is 5.88 Å². The van der Waals surface area contributed by atoms with Gasteiger partial charge in [-0.1, -0.05) is 13.8 Å². The number of ether oxygens (including phenoxy) is 1. The van der Waals surface area contributed by atoms with E-state index in [-0.39, 0.29) is 11.9 Å². The van der Waals surface area contributed by atoms with Crippen LogP contribution in [0.4, 0.5) is 0 Å². The summed E-state index contributed by atoms with van der Waals surface area (Å²) in [5.41, 5.74) is 0.483. The molecule has 100 valence electrons. The summed E-state index contributed by atoms with van der Waals surface area (Å²) < 4.78 is 5.07. The molecule has 0 spiro atoms.